The Balaban J connectivity index is 2.38. The van der Waals surface area contributed by atoms with Gasteiger partial charge in [0.2, 0.25) is 0 Å². The molecule has 23 heavy (non-hydrogen) atoms. The molecule has 1 heteroatoms. The second-order valence-corrected chi connectivity index (χ2v) is 7.12. The zero-order chi connectivity index (χ0) is 16.4. The van der Waals surface area contributed by atoms with Gasteiger partial charge in [-0.05, 0) is 54.2 Å². The average Bonchev–Trinajstić information content (AvgIpc) is 2.55. The van der Waals surface area contributed by atoms with E-state index in [1.54, 1.807) is 0 Å². The molecule has 3 aromatic rings. The largest absolute Gasteiger partial charge is 0.117 e. The Morgan fingerprint density at radius 3 is 1.04 bits per heavy atom. The number of rotatable bonds is 3. The topological polar surface area (TPSA) is 0 Å². The molecule has 0 aliphatic rings. The Bertz CT molecular complexity index is 722. The van der Waals surface area contributed by atoms with E-state index >= 15 is 0 Å². The number of aryl methyl sites for hydroxylation is 3. The smallest absolute Gasteiger partial charge is 0.0599 e. The summed E-state index contributed by atoms with van der Waals surface area (Å²) in [6.45, 7) is 6.60. The molecular weight excluding hydrogens is 295 g/mol. The standard InChI is InChI=1S/C22H23P/c1-16-10-4-7-13-19(16)22(23,20-14-8-5-11-17(20)2)21-15-9-6-12-18(21)3/h4-15H,23H2,1-3H3. The lowest BCUT2D eigenvalue weighted by atomic mass is 9.78. The van der Waals surface area contributed by atoms with Gasteiger partial charge in [-0.25, -0.2) is 0 Å². The summed E-state index contributed by atoms with van der Waals surface area (Å²) in [5, 5.41) is -0.234. The molecule has 0 saturated carbocycles. The fourth-order valence-corrected chi connectivity index (χ4v) is 4.45. The monoisotopic (exact) mass is 318 g/mol. The molecule has 0 amide bonds. The van der Waals surface area contributed by atoms with Gasteiger partial charge in [0.25, 0.3) is 0 Å². The lowest BCUT2D eigenvalue weighted by molar-refractivity contribution is 0.865. The van der Waals surface area contributed by atoms with Crippen LogP contribution in [0.3, 0.4) is 0 Å². The molecule has 0 N–H and O–H groups in total. The average molecular weight is 318 g/mol. The molecule has 3 aromatic carbocycles. The summed E-state index contributed by atoms with van der Waals surface area (Å²) >= 11 is 0. The molecule has 0 fully saturated rings. The van der Waals surface area contributed by atoms with Crippen LogP contribution in [0.5, 0.6) is 0 Å². The molecule has 0 aliphatic carbocycles. The molecule has 0 spiro atoms. The zero-order valence-electron chi connectivity index (χ0n) is 14.0. The normalized spacial score (nSPS) is 11.5. The second kappa shape index (κ2) is 6.30. The molecule has 0 radical (unpaired) electrons. The fraction of sp³-hybridized carbons (Fsp3) is 0.182. The van der Waals surface area contributed by atoms with Gasteiger partial charge in [-0.2, -0.15) is 0 Å². The first-order valence-electron chi connectivity index (χ1n) is 8.02. The van der Waals surface area contributed by atoms with Gasteiger partial charge < -0.3 is 0 Å². The third kappa shape index (κ3) is 2.73. The lowest BCUT2D eigenvalue weighted by Crippen LogP contribution is -2.25. The minimum atomic E-state index is -0.234. The van der Waals surface area contributed by atoms with E-state index in [2.05, 4.69) is 103 Å². The molecule has 0 saturated heterocycles. The number of hydrogen-bond acceptors (Lipinski definition) is 0. The number of benzene rings is 3. The van der Waals surface area contributed by atoms with Crippen molar-refractivity contribution >= 4 is 9.24 Å². The second-order valence-electron chi connectivity index (χ2n) is 6.25. The highest BCUT2D eigenvalue weighted by molar-refractivity contribution is 7.19. The van der Waals surface area contributed by atoms with E-state index in [9.17, 15) is 0 Å². The predicted octanol–water partition coefficient (Wildman–Crippen LogP) is 5.78. The van der Waals surface area contributed by atoms with Gasteiger partial charge in [0.05, 0.1) is 5.16 Å². The molecule has 0 aromatic heterocycles. The van der Waals surface area contributed by atoms with Crippen molar-refractivity contribution in [3.8, 4) is 0 Å². The Morgan fingerprint density at radius 1 is 0.522 bits per heavy atom. The van der Waals surface area contributed by atoms with E-state index in [1.165, 1.54) is 33.4 Å². The Kier molecular flexibility index (Phi) is 4.37. The molecule has 0 heterocycles. The van der Waals surface area contributed by atoms with E-state index in [1.807, 2.05) is 0 Å². The Morgan fingerprint density at radius 2 is 0.783 bits per heavy atom. The molecular formula is C22H23P. The van der Waals surface area contributed by atoms with Crippen molar-refractivity contribution in [3.05, 3.63) is 106 Å². The molecule has 0 aliphatic heterocycles. The lowest BCUT2D eigenvalue weighted by Gasteiger charge is -2.35. The van der Waals surface area contributed by atoms with Crippen molar-refractivity contribution in [3.63, 3.8) is 0 Å². The van der Waals surface area contributed by atoms with Crippen molar-refractivity contribution < 1.29 is 0 Å². The van der Waals surface area contributed by atoms with E-state index in [-0.39, 0.29) is 5.16 Å². The first-order valence-corrected chi connectivity index (χ1v) is 8.60. The maximum atomic E-state index is 3.16. The van der Waals surface area contributed by atoms with Gasteiger partial charge >= 0.3 is 0 Å². The van der Waals surface area contributed by atoms with E-state index in [0.717, 1.165) is 0 Å². The van der Waals surface area contributed by atoms with Crippen molar-refractivity contribution in [2.75, 3.05) is 0 Å². The third-order valence-corrected chi connectivity index (χ3v) is 5.64. The minimum Gasteiger partial charge on any atom is -0.117 e. The highest BCUT2D eigenvalue weighted by Crippen LogP contribution is 2.48. The van der Waals surface area contributed by atoms with Crippen LogP contribution >= 0.6 is 9.24 Å². The van der Waals surface area contributed by atoms with Gasteiger partial charge in [0.15, 0.2) is 0 Å². The molecule has 1 unspecified atom stereocenters. The quantitative estimate of drug-likeness (QED) is 0.424. The molecule has 0 nitrogen and oxygen atoms in total. The summed E-state index contributed by atoms with van der Waals surface area (Å²) in [5.41, 5.74) is 7.97. The van der Waals surface area contributed by atoms with E-state index in [4.69, 9.17) is 0 Å². The molecule has 116 valence electrons. The van der Waals surface area contributed by atoms with Crippen molar-refractivity contribution in [2.45, 2.75) is 25.9 Å². The fourth-order valence-electron chi connectivity index (χ4n) is 3.48. The van der Waals surface area contributed by atoms with Gasteiger partial charge in [-0.1, -0.05) is 72.8 Å². The zero-order valence-corrected chi connectivity index (χ0v) is 15.2. The van der Waals surface area contributed by atoms with Crippen LogP contribution in [0, 0.1) is 20.8 Å². The first-order chi connectivity index (χ1) is 11.0. The van der Waals surface area contributed by atoms with Gasteiger partial charge in [-0.15, -0.1) is 9.24 Å². The highest BCUT2D eigenvalue weighted by Gasteiger charge is 2.34. The van der Waals surface area contributed by atoms with Crippen LogP contribution in [-0.4, -0.2) is 0 Å². The van der Waals surface area contributed by atoms with Crippen LogP contribution < -0.4 is 0 Å². The molecule has 3 rings (SSSR count). The molecule has 1 atom stereocenters. The van der Waals surface area contributed by atoms with Crippen molar-refractivity contribution in [2.24, 2.45) is 0 Å². The SMILES string of the molecule is Cc1ccccc1C(P)(c1ccccc1C)c1ccccc1C. The summed E-state index contributed by atoms with van der Waals surface area (Å²) < 4.78 is 0. The van der Waals surface area contributed by atoms with Crippen molar-refractivity contribution in [1.29, 1.82) is 0 Å². The van der Waals surface area contributed by atoms with Crippen LogP contribution in [0.2, 0.25) is 0 Å². The van der Waals surface area contributed by atoms with Crippen LogP contribution in [0.4, 0.5) is 0 Å². The summed E-state index contributed by atoms with van der Waals surface area (Å²) in [7, 11) is 3.16. The van der Waals surface area contributed by atoms with Crippen LogP contribution in [-0.2, 0) is 5.16 Å². The summed E-state index contributed by atoms with van der Waals surface area (Å²) in [6.07, 6.45) is 0. The van der Waals surface area contributed by atoms with Crippen LogP contribution in [0.15, 0.2) is 72.8 Å². The van der Waals surface area contributed by atoms with E-state index in [0.29, 0.717) is 0 Å². The minimum absolute atomic E-state index is 0.234. The van der Waals surface area contributed by atoms with Gasteiger partial charge in [0, 0.05) is 0 Å². The third-order valence-electron chi connectivity index (χ3n) is 4.71. The first kappa shape index (κ1) is 16.0. The maximum absolute atomic E-state index is 3.16. The predicted molar refractivity (Wildman–Crippen MR) is 103 cm³/mol. The van der Waals surface area contributed by atoms with Crippen LogP contribution in [0.1, 0.15) is 33.4 Å². The maximum Gasteiger partial charge on any atom is 0.0599 e. The summed E-state index contributed by atoms with van der Waals surface area (Å²) in [5.74, 6) is 0. The van der Waals surface area contributed by atoms with Crippen LogP contribution in [0.25, 0.3) is 0 Å². The summed E-state index contributed by atoms with van der Waals surface area (Å²) in [6, 6.07) is 26.1. The highest BCUT2D eigenvalue weighted by atomic mass is 31.0. The van der Waals surface area contributed by atoms with Crippen molar-refractivity contribution in [1.82, 2.24) is 0 Å². The van der Waals surface area contributed by atoms with Gasteiger partial charge in [-0.3, -0.25) is 0 Å². The molecule has 0 bridgehead atoms. The van der Waals surface area contributed by atoms with Gasteiger partial charge in [0.1, 0.15) is 0 Å². The summed E-state index contributed by atoms with van der Waals surface area (Å²) in [4.78, 5) is 0. The van der Waals surface area contributed by atoms with E-state index < -0.39 is 0 Å². The number of hydrogen-bond donors (Lipinski definition) is 0. The Labute approximate surface area is 141 Å². The Hall–Kier alpha value is -1.91.